The molecule has 0 saturated heterocycles. The fraction of sp³-hybridized carbons (Fsp3) is 0.714. The fourth-order valence-electron chi connectivity index (χ4n) is 3.03. The normalized spacial score (nSPS) is 26.5. The topological polar surface area (TPSA) is 42.4 Å². The largest absolute Gasteiger partial charge is 0.466 e. The summed E-state index contributed by atoms with van der Waals surface area (Å²) in [5, 5.41) is 0. The molecule has 1 saturated carbocycles. The van der Waals surface area contributed by atoms with Crippen molar-refractivity contribution in [1.82, 2.24) is 4.90 Å². The van der Waals surface area contributed by atoms with Gasteiger partial charge >= 0.3 is 0 Å². The highest BCUT2D eigenvalue weighted by Gasteiger charge is 2.29. The van der Waals surface area contributed by atoms with Crippen LogP contribution in [0, 0.1) is 5.92 Å². The molecule has 4 heteroatoms. The maximum Gasteiger partial charge on any atom is 0.136 e. The van der Waals surface area contributed by atoms with Crippen LogP contribution in [-0.2, 0) is 0 Å². The maximum atomic E-state index is 5.95. The third-order valence-electron chi connectivity index (χ3n) is 4.15. The van der Waals surface area contributed by atoms with Gasteiger partial charge in [-0.3, -0.25) is 4.90 Å². The van der Waals surface area contributed by atoms with E-state index in [1.54, 1.807) is 6.26 Å². The number of halogens is 1. The molecule has 3 atom stereocenters. The summed E-state index contributed by atoms with van der Waals surface area (Å²) in [7, 11) is 2.18. The minimum atomic E-state index is 0.171. The molecule has 0 amide bonds. The Labute approximate surface area is 118 Å². The molecule has 2 N–H and O–H groups in total. The van der Waals surface area contributed by atoms with E-state index in [0.717, 1.165) is 16.2 Å². The van der Waals surface area contributed by atoms with Crippen LogP contribution in [0.25, 0.3) is 0 Å². The summed E-state index contributed by atoms with van der Waals surface area (Å²) in [6.45, 7) is 2.94. The molecule has 1 heterocycles. The quantitative estimate of drug-likeness (QED) is 0.924. The van der Waals surface area contributed by atoms with Crippen molar-refractivity contribution < 1.29 is 4.42 Å². The Kier molecular flexibility index (Phi) is 4.87. The van der Waals surface area contributed by atoms with Crippen LogP contribution in [0.2, 0.25) is 0 Å². The van der Waals surface area contributed by atoms with Gasteiger partial charge in [0.2, 0.25) is 0 Å². The average molecular weight is 315 g/mol. The van der Waals surface area contributed by atoms with Crippen molar-refractivity contribution in [3.05, 3.63) is 22.6 Å². The van der Waals surface area contributed by atoms with Crippen molar-refractivity contribution in [3.8, 4) is 0 Å². The highest BCUT2D eigenvalue weighted by atomic mass is 79.9. The van der Waals surface area contributed by atoms with Gasteiger partial charge in [0.25, 0.3) is 0 Å². The summed E-state index contributed by atoms with van der Waals surface area (Å²) in [4.78, 5) is 2.40. The monoisotopic (exact) mass is 314 g/mol. The summed E-state index contributed by atoms with van der Waals surface area (Å²) in [6, 6.07) is 2.74. The van der Waals surface area contributed by atoms with Crippen molar-refractivity contribution in [3.63, 3.8) is 0 Å². The number of rotatable bonds is 4. The van der Waals surface area contributed by atoms with E-state index in [4.69, 9.17) is 10.2 Å². The second-order valence-electron chi connectivity index (χ2n) is 5.48. The van der Waals surface area contributed by atoms with E-state index in [1.165, 1.54) is 25.7 Å². The number of hydrogen-bond acceptors (Lipinski definition) is 3. The zero-order chi connectivity index (χ0) is 13.1. The Morgan fingerprint density at radius 1 is 1.56 bits per heavy atom. The van der Waals surface area contributed by atoms with Crippen LogP contribution in [0.3, 0.4) is 0 Å². The highest BCUT2D eigenvalue weighted by molar-refractivity contribution is 9.10. The standard InChI is InChI=1S/C14H23BrN2O/c1-10-4-3-5-11(8-10)17(2)13(9-16)14-12(15)6-7-18-14/h6-7,10-11,13H,3-5,8-9,16H2,1-2H3. The second-order valence-corrected chi connectivity index (χ2v) is 6.33. The number of nitrogens with two attached hydrogens (primary N) is 1. The first kappa shape index (κ1) is 14.1. The van der Waals surface area contributed by atoms with E-state index in [2.05, 4.69) is 34.8 Å². The first-order chi connectivity index (χ1) is 8.63. The summed E-state index contributed by atoms with van der Waals surface area (Å²) in [6.07, 6.45) is 6.95. The van der Waals surface area contributed by atoms with Crippen molar-refractivity contribution in [2.45, 2.75) is 44.7 Å². The fourth-order valence-corrected chi connectivity index (χ4v) is 3.49. The Morgan fingerprint density at radius 3 is 2.89 bits per heavy atom. The lowest BCUT2D eigenvalue weighted by Gasteiger charge is -2.38. The molecule has 0 aliphatic heterocycles. The van der Waals surface area contributed by atoms with E-state index >= 15 is 0 Å². The molecule has 1 aromatic heterocycles. The summed E-state index contributed by atoms with van der Waals surface area (Å²) < 4.78 is 6.61. The van der Waals surface area contributed by atoms with Gasteiger partial charge in [-0.15, -0.1) is 0 Å². The van der Waals surface area contributed by atoms with Gasteiger partial charge in [-0.25, -0.2) is 0 Å². The van der Waals surface area contributed by atoms with Crippen LogP contribution in [0.4, 0.5) is 0 Å². The molecule has 3 nitrogen and oxygen atoms in total. The number of furan rings is 1. The zero-order valence-electron chi connectivity index (χ0n) is 11.2. The minimum Gasteiger partial charge on any atom is -0.466 e. The first-order valence-corrected chi connectivity index (χ1v) is 7.57. The molecule has 0 radical (unpaired) electrons. The molecule has 18 heavy (non-hydrogen) atoms. The molecular formula is C14H23BrN2O. The molecule has 1 fully saturated rings. The second kappa shape index (κ2) is 6.22. The lowest BCUT2D eigenvalue weighted by molar-refractivity contribution is 0.109. The summed E-state index contributed by atoms with van der Waals surface area (Å²) in [5.41, 5.74) is 5.95. The van der Waals surface area contributed by atoms with Gasteiger partial charge in [0.1, 0.15) is 5.76 Å². The molecule has 1 aromatic rings. The van der Waals surface area contributed by atoms with Crippen LogP contribution in [0.15, 0.2) is 21.2 Å². The van der Waals surface area contributed by atoms with Crippen molar-refractivity contribution in [2.24, 2.45) is 11.7 Å². The van der Waals surface area contributed by atoms with Crippen LogP contribution < -0.4 is 5.73 Å². The Morgan fingerprint density at radius 2 is 2.33 bits per heavy atom. The lowest BCUT2D eigenvalue weighted by atomic mass is 9.86. The first-order valence-electron chi connectivity index (χ1n) is 6.78. The Balaban J connectivity index is 2.10. The molecule has 2 rings (SSSR count). The predicted octanol–water partition coefficient (Wildman–Crippen LogP) is 3.55. The lowest BCUT2D eigenvalue weighted by Crippen LogP contribution is -2.41. The van der Waals surface area contributed by atoms with Gasteiger partial charge in [0.05, 0.1) is 16.8 Å². The third kappa shape index (κ3) is 2.98. The van der Waals surface area contributed by atoms with Crippen molar-refractivity contribution in [2.75, 3.05) is 13.6 Å². The Bertz CT molecular complexity index is 380. The third-order valence-corrected chi connectivity index (χ3v) is 4.80. The Hall–Kier alpha value is -0.320. The van der Waals surface area contributed by atoms with Crippen LogP contribution in [0.1, 0.15) is 44.4 Å². The predicted molar refractivity (Wildman–Crippen MR) is 77.4 cm³/mol. The molecular weight excluding hydrogens is 292 g/mol. The smallest absolute Gasteiger partial charge is 0.136 e. The number of nitrogens with zero attached hydrogens (tertiary/aromatic N) is 1. The summed E-state index contributed by atoms with van der Waals surface area (Å²) >= 11 is 3.54. The zero-order valence-corrected chi connectivity index (χ0v) is 12.8. The van der Waals surface area contributed by atoms with Crippen molar-refractivity contribution >= 4 is 15.9 Å². The van der Waals surface area contributed by atoms with Crippen LogP contribution in [0.5, 0.6) is 0 Å². The van der Waals surface area contributed by atoms with Crippen molar-refractivity contribution in [1.29, 1.82) is 0 Å². The van der Waals surface area contributed by atoms with Gasteiger partial charge in [0, 0.05) is 12.6 Å². The highest BCUT2D eigenvalue weighted by Crippen LogP contribution is 2.33. The molecule has 1 aliphatic carbocycles. The summed E-state index contributed by atoms with van der Waals surface area (Å²) in [5.74, 6) is 1.78. The molecule has 0 spiro atoms. The SMILES string of the molecule is CC1CCCC(N(C)C(CN)c2occc2Br)C1. The molecule has 0 aromatic carbocycles. The van der Waals surface area contributed by atoms with E-state index in [1.807, 2.05) is 6.07 Å². The molecule has 3 unspecified atom stereocenters. The number of likely N-dealkylation sites (N-methyl/N-ethyl adjacent to an activating group) is 1. The van der Waals surface area contributed by atoms with Gasteiger partial charge in [-0.2, -0.15) is 0 Å². The number of hydrogen-bond donors (Lipinski definition) is 1. The van der Waals surface area contributed by atoms with E-state index in [-0.39, 0.29) is 6.04 Å². The van der Waals surface area contributed by atoms with Gasteiger partial charge in [-0.1, -0.05) is 19.8 Å². The van der Waals surface area contributed by atoms with Gasteiger partial charge in [-0.05, 0) is 47.8 Å². The van der Waals surface area contributed by atoms with Gasteiger partial charge < -0.3 is 10.2 Å². The van der Waals surface area contributed by atoms with E-state index in [0.29, 0.717) is 12.6 Å². The van der Waals surface area contributed by atoms with Crippen LogP contribution >= 0.6 is 15.9 Å². The maximum absolute atomic E-state index is 5.95. The average Bonchev–Trinajstić information content (AvgIpc) is 2.77. The molecule has 0 bridgehead atoms. The molecule has 1 aliphatic rings. The van der Waals surface area contributed by atoms with Gasteiger partial charge in [0.15, 0.2) is 0 Å². The minimum absolute atomic E-state index is 0.171. The van der Waals surface area contributed by atoms with E-state index < -0.39 is 0 Å². The molecule has 102 valence electrons. The van der Waals surface area contributed by atoms with E-state index in [9.17, 15) is 0 Å². The van der Waals surface area contributed by atoms with Crippen LogP contribution in [-0.4, -0.2) is 24.5 Å².